The van der Waals surface area contributed by atoms with Crippen LogP contribution in [0.2, 0.25) is 5.02 Å². The molecule has 0 aliphatic heterocycles. The Morgan fingerprint density at radius 3 is 2.87 bits per heavy atom. The van der Waals surface area contributed by atoms with Crippen LogP contribution in [0.15, 0.2) is 29.4 Å². The lowest BCUT2D eigenvalue weighted by Crippen LogP contribution is -2.02. The quantitative estimate of drug-likeness (QED) is 0.567. The highest BCUT2D eigenvalue weighted by Crippen LogP contribution is 2.20. The fourth-order valence-electron chi connectivity index (χ4n) is 1.71. The molecule has 1 aromatic rings. The third kappa shape index (κ3) is 3.24. The van der Waals surface area contributed by atoms with Crippen LogP contribution in [0.4, 0.5) is 0 Å². The van der Waals surface area contributed by atoms with Crippen molar-refractivity contribution in [2.45, 2.75) is 31.8 Å². The molecule has 1 saturated carbocycles. The topological polar surface area (TPSA) is 21.6 Å². The monoisotopic (exact) mass is 222 g/mol. The zero-order valence-electron chi connectivity index (χ0n) is 8.45. The standard InChI is InChI=1S/C12H13ClNO/c13-11-5-3-4-10(8-11)9-14-15-12-6-1-2-7-12/h3-5,8,12H,1-2,6-7H2. The van der Waals surface area contributed by atoms with E-state index in [1.54, 1.807) is 0 Å². The number of benzene rings is 1. The van der Waals surface area contributed by atoms with Gasteiger partial charge in [-0.15, -0.1) is 0 Å². The molecule has 1 fully saturated rings. The molecule has 2 rings (SSSR count). The van der Waals surface area contributed by atoms with Crippen LogP contribution in [0.5, 0.6) is 0 Å². The first-order valence-corrected chi connectivity index (χ1v) is 5.60. The lowest BCUT2D eigenvalue weighted by Gasteiger charge is -2.04. The van der Waals surface area contributed by atoms with E-state index in [2.05, 4.69) is 11.4 Å². The van der Waals surface area contributed by atoms with Crippen molar-refractivity contribution in [1.29, 1.82) is 0 Å². The molecule has 0 atom stereocenters. The van der Waals surface area contributed by atoms with Crippen LogP contribution in [0, 0.1) is 0 Å². The largest absolute Gasteiger partial charge is 0.392 e. The van der Waals surface area contributed by atoms with Crippen LogP contribution in [0.3, 0.4) is 0 Å². The Balaban J connectivity index is 1.87. The minimum Gasteiger partial charge on any atom is -0.392 e. The molecule has 1 aliphatic rings. The third-order valence-electron chi connectivity index (χ3n) is 2.50. The van der Waals surface area contributed by atoms with E-state index in [0.29, 0.717) is 5.02 Å². The van der Waals surface area contributed by atoms with Crippen molar-refractivity contribution in [1.82, 2.24) is 0 Å². The number of rotatable bonds is 3. The lowest BCUT2D eigenvalue weighted by atomic mass is 10.2. The van der Waals surface area contributed by atoms with Crippen molar-refractivity contribution < 1.29 is 4.84 Å². The Kier molecular flexibility index (Phi) is 3.62. The van der Waals surface area contributed by atoms with Crippen LogP contribution < -0.4 is 0 Å². The molecule has 0 N–H and O–H groups in total. The van der Waals surface area contributed by atoms with Gasteiger partial charge in [-0.25, -0.2) is 0 Å². The van der Waals surface area contributed by atoms with E-state index in [0.717, 1.165) is 18.4 Å². The maximum Gasteiger partial charge on any atom is 0.139 e. The Morgan fingerprint density at radius 2 is 2.13 bits per heavy atom. The number of hydrogen-bond acceptors (Lipinski definition) is 2. The molecule has 0 saturated heterocycles. The summed E-state index contributed by atoms with van der Waals surface area (Å²) in [6.07, 6.45) is 7.84. The molecule has 0 spiro atoms. The van der Waals surface area contributed by atoms with Gasteiger partial charge in [0.1, 0.15) is 12.3 Å². The van der Waals surface area contributed by atoms with Gasteiger partial charge in [0.25, 0.3) is 0 Å². The first-order valence-electron chi connectivity index (χ1n) is 5.22. The predicted molar refractivity (Wildman–Crippen MR) is 61.3 cm³/mol. The predicted octanol–water partition coefficient (Wildman–Crippen LogP) is 3.51. The van der Waals surface area contributed by atoms with Gasteiger partial charge in [-0.3, -0.25) is 0 Å². The summed E-state index contributed by atoms with van der Waals surface area (Å²) in [4.78, 5) is 5.32. The van der Waals surface area contributed by atoms with Crippen LogP contribution >= 0.6 is 11.6 Å². The molecule has 1 aliphatic carbocycles. The zero-order valence-corrected chi connectivity index (χ0v) is 9.20. The smallest absolute Gasteiger partial charge is 0.139 e. The Labute approximate surface area is 94.9 Å². The lowest BCUT2D eigenvalue weighted by molar-refractivity contribution is 0.0657. The van der Waals surface area contributed by atoms with E-state index in [9.17, 15) is 0 Å². The van der Waals surface area contributed by atoms with Gasteiger partial charge in [-0.1, -0.05) is 28.9 Å². The van der Waals surface area contributed by atoms with E-state index < -0.39 is 0 Å². The number of halogens is 1. The van der Waals surface area contributed by atoms with Crippen molar-refractivity contribution in [3.63, 3.8) is 0 Å². The maximum absolute atomic E-state index is 5.83. The first kappa shape index (κ1) is 10.5. The van der Waals surface area contributed by atoms with Gasteiger partial charge in [0.05, 0.1) is 0 Å². The molecule has 0 bridgehead atoms. The summed E-state index contributed by atoms with van der Waals surface area (Å²) in [7, 11) is 0. The Hall–Kier alpha value is -1.02. The summed E-state index contributed by atoms with van der Waals surface area (Å²) >= 11 is 5.83. The molecular formula is C12H13ClNO. The Morgan fingerprint density at radius 1 is 1.33 bits per heavy atom. The number of hydrogen-bond donors (Lipinski definition) is 0. The van der Waals surface area contributed by atoms with Crippen LogP contribution in [0.1, 0.15) is 31.2 Å². The van der Waals surface area contributed by atoms with Crippen molar-refractivity contribution in [3.8, 4) is 0 Å². The summed E-state index contributed by atoms with van der Waals surface area (Å²) < 4.78 is 0. The van der Waals surface area contributed by atoms with E-state index in [4.69, 9.17) is 16.4 Å². The van der Waals surface area contributed by atoms with E-state index in [1.165, 1.54) is 12.8 Å². The summed E-state index contributed by atoms with van der Waals surface area (Å²) in [5, 5.41) is 4.55. The SMILES string of the molecule is Clc1cccc(/[C]=N/OC2CCCC2)c1. The average molecular weight is 223 g/mol. The highest BCUT2D eigenvalue weighted by Gasteiger charge is 2.15. The van der Waals surface area contributed by atoms with E-state index in [-0.39, 0.29) is 6.10 Å². The molecule has 0 heterocycles. The van der Waals surface area contributed by atoms with E-state index >= 15 is 0 Å². The van der Waals surface area contributed by atoms with Crippen LogP contribution in [-0.2, 0) is 4.84 Å². The Bertz CT molecular complexity index is 345. The maximum atomic E-state index is 5.83. The second-order valence-electron chi connectivity index (χ2n) is 3.73. The molecule has 0 aromatic heterocycles. The fourth-order valence-corrected chi connectivity index (χ4v) is 1.90. The molecule has 15 heavy (non-hydrogen) atoms. The average Bonchev–Trinajstić information content (AvgIpc) is 2.71. The summed E-state index contributed by atoms with van der Waals surface area (Å²) in [6.45, 7) is 0. The van der Waals surface area contributed by atoms with Crippen molar-refractivity contribution in [2.75, 3.05) is 0 Å². The normalized spacial score (nSPS) is 17.4. The van der Waals surface area contributed by atoms with Crippen molar-refractivity contribution >= 4 is 17.8 Å². The summed E-state index contributed by atoms with van der Waals surface area (Å²) in [6, 6.07) is 7.40. The highest BCUT2D eigenvalue weighted by molar-refractivity contribution is 6.30. The van der Waals surface area contributed by atoms with Gasteiger partial charge in [0.2, 0.25) is 0 Å². The van der Waals surface area contributed by atoms with E-state index in [1.807, 2.05) is 24.3 Å². The summed E-state index contributed by atoms with van der Waals surface area (Å²) in [5.74, 6) is 0. The van der Waals surface area contributed by atoms with Gasteiger partial charge in [0, 0.05) is 10.6 Å². The van der Waals surface area contributed by atoms with Crippen molar-refractivity contribution in [2.24, 2.45) is 5.16 Å². The second kappa shape index (κ2) is 5.17. The molecule has 3 heteroatoms. The minimum absolute atomic E-state index is 0.289. The van der Waals surface area contributed by atoms with Gasteiger partial charge in [0.15, 0.2) is 0 Å². The zero-order chi connectivity index (χ0) is 10.5. The second-order valence-corrected chi connectivity index (χ2v) is 4.16. The fraction of sp³-hybridized carbons (Fsp3) is 0.417. The molecule has 2 nitrogen and oxygen atoms in total. The van der Waals surface area contributed by atoms with Crippen LogP contribution in [-0.4, -0.2) is 12.3 Å². The van der Waals surface area contributed by atoms with Gasteiger partial charge >= 0.3 is 0 Å². The first-order chi connectivity index (χ1) is 7.34. The van der Waals surface area contributed by atoms with Gasteiger partial charge < -0.3 is 4.84 Å². The minimum atomic E-state index is 0.289. The molecule has 1 aromatic carbocycles. The highest BCUT2D eigenvalue weighted by atomic mass is 35.5. The number of nitrogens with zero attached hydrogens (tertiary/aromatic N) is 1. The van der Waals surface area contributed by atoms with Gasteiger partial charge in [-0.2, -0.15) is 0 Å². The van der Waals surface area contributed by atoms with Crippen LogP contribution in [0.25, 0.3) is 0 Å². The molecular weight excluding hydrogens is 210 g/mol. The molecule has 0 amide bonds. The van der Waals surface area contributed by atoms with Gasteiger partial charge in [-0.05, 0) is 37.8 Å². The summed E-state index contributed by atoms with van der Waals surface area (Å²) in [5.41, 5.74) is 0.848. The molecule has 0 unspecified atom stereocenters. The third-order valence-corrected chi connectivity index (χ3v) is 2.74. The molecule has 1 radical (unpaired) electrons. The van der Waals surface area contributed by atoms with Crippen molar-refractivity contribution in [3.05, 3.63) is 34.9 Å². The molecule has 79 valence electrons.